The molecule has 25 heavy (non-hydrogen) atoms. The molecule has 1 aliphatic carbocycles. The van der Waals surface area contributed by atoms with E-state index in [1.165, 1.54) is 0 Å². The van der Waals surface area contributed by atoms with Gasteiger partial charge in [-0.1, -0.05) is 25.0 Å². The number of amides is 2. The van der Waals surface area contributed by atoms with E-state index in [-0.39, 0.29) is 44.0 Å². The second-order valence-electron chi connectivity index (χ2n) is 6.85. The number of aliphatic hydroxyl groups excluding tert-OH is 1. The maximum absolute atomic E-state index is 12.4. The maximum atomic E-state index is 12.4. The highest BCUT2D eigenvalue weighted by Gasteiger charge is 2.35. The van der Waals surface area contributed by atoms with Crippen LogP contribution in [-0.2, 0) is 19.1 Å². The fraction of sp³-hybridized carbons (Fsp3) is 0.722. The topological polar surface area (TPSA) is 105 Å². The van der Waals surface area contributed by atoms with Crippen LogP contribution in [0.2, 0.25) is 0 Å². The largest absolute Gasteiger partial charge is 0.464 e. The van der Waals surface area contributed by atoms with E-state index in [2.05, 4.69) is 10.6 Å². The molecule has 140 valence electrons. The second kappa shape index (κ2) is 9.56. The van der Waals surface area contributed by atoms with Crippen molar-refractivity contribution < 1.29 is 24.2 Å². The van der Waals surface area contributed by atoms with Gasteiger partial charge >= 0.3 is 5.97 Å². The molecule has 0 unspecified atom stereocenters. The smallest absolute Gasteiger partial charge is 0.306 e. The van der Waals surface area contributed by atoms with Crippen molar-refractivity contribution in [2.24, 2.45) is 5.92 Å². The Morgan fingerprint density at radius 3 is 2.80 bits per heavy atom. The van der Waals surface area contributed by atoms with E-state index in [0.717, 1.165) is 25.7 Å². The number of esters is 1. The lowest BCUT2D eigenvalue weighted by Crippen LogP contribution is -2.50. The molecule has 0 bridgehead atoms. The molecule has 3 N–H and O–H groups in total. The van der Waals surface area contributed by atoms with Crippen LogP contribution in [0.4, 0.5) is 0 Å². The molecule has 0 aromatic rings. The summed E-state index contributed by atoms with van der Waals surface area (Å²) in [7, 11) is 0. The molecule has 0 spiro atoms. The van der Waals surface area contributed by atoms with E-state index in [4.69, 9.17) is 4.74 Å². The standard InChI is InChI=1S/C18H28N2O5/c21-13-18(8-4-5-9-18)20-15(22)12-14-6-2-1-3-7-16(23)25-11-10-19-17(14)24/h1-2,14,21H,3-13H2,(H,19,24)(H,20,22)/t14-/m1/s1. The van der Waals surface area contributed by atoms with Gasteiger partial charge < -0.3 is 20.5 Å². The quantitative estimate of drug-likeness (QED) is 0.513. The summed E-state index contributed by atoms with van der Waals surface area (Å²) in [6.45, 7) is 0.314. The number of carbonyl (C=O) groups excluding carboxylic acids is 3. The van der Waals surface area contributed by atoms with Gasteiger partial charge in [0, 0.05) is 12.8 Å². The Labute approximate surface area is 148 Å². The lowest BCUT2D eigenvalue weighted by Gasteiger charge is -2.28. The van der Waals surface area contributed by atoms with Gasteiger partial charge in [0.2, 0.25) is 11.8 Å². The van der Waals surface area contributed by atoms with Gasteiger partial charge in [-0.2, -0.15) is 0 Å². The maximum Gasteiger partial charge on any atom is 0.306 e. The Morgan fingerprint density at radius 1 is 1.32 bits per heavy atom. The Morgan fingerprint density at radius 2 is 2.08 bits per heavy atom. The van der Waals surface area contributed by atoms with Crippen LogP contribution in [0, 0.1) is 5.92 Å². The summed E-state index contributed by atoms with van der Waals surface area (Å²) in [5.41, 5.74) is -0.525. The van der Waals surface area contributed by atoms with Crippen LogP contribution >= 0.6 is 0 Å². The minimum atomic E-state index is -0.525. The normalized spacial score (nSPS) is 24.6. The average molecular weight is 352 g/mol. The first-order valence-corrected chi connectivity index (χ1v) is 9.05. The van der Waals surface area contributed by atoms with Crippen LogP contribution in [0.5, 0.6) is 0 Å². The molecule has 0 saturated heterocycles. The first-order valence-electron chi connectivity index (χ1n) is 9.05. The molecule has 0 aromatic carbocycles. The number of rotatable bonds is 4. The number of allylic oxidation sites excluding steroid dienone is 2. The van der Waals surface area contributed by atoms with Gasteiger partial charge in [0.15, 0.2) is 0 Å². The second-order valence-corrected chi connectivity index (χ2v) is 6.85. The lowest BCUT2D eigenvalue weighted by atomic mass is 9.95. The van der Waals surface area contributed by atoms with E-state index in [1.807, 2.05) is 12.2 Å². The van der Waals surface area contributed by atoms with Gasteiger partial charge in [0.05, 0.1) is 24.6 Å². The minimum Gasteiger partial charge on any atom is -0.464 e. The van der Waals surface area contributed by atoms with E-state index < -0.39 is 11.5 Å². The lowest BCUT2D eigenvalue weighted by molar-refractivity contribution is -0.144. The zero-order valence-corrected chi connectivity index (χ0v) is 14.6. The predicted octanol–water partition coefficient (Wildman–Crippen LogP) is 0.814. The third-order valence-electron chi connectivity index (χ3n) is 4.84. The number of hydrogen-bond donors (Lipinski definition) is 3. The molecule has 2 aliphatic rings. The number of ether oxygens (including phenoxy) is 1. The van der Waals surface area contributed by atoms with Crippen LogP contribution in [0.15, 0.2) is 12.2 Å². The molecular weight excluding hydrogens is 324 g/mol. The van der Waals surface area contributed by atoms with Crippen LogP contribution in [0.25, 0.3) is 0 Å². The van der Waals surface area contributed by atoms with Crippen molar-refractivity contribution in [1.29, 1.82) is 0 Å². The van der Waals surface area contributed by atoms with E-state index in [1.54, 1.807) is 0 Å². The van der Waals surface area contributed by atoms with Gasteiger partial charge in [-0.05, 0) is 25.7 Å². The van der Waals surface area contributed by atoms with Crippen molar-refractivity contribution in [1.82, 2.24) is 10.6 Å². The molecule has 1 saturated carbocycles. The van der Waals surface area contributed by atoms with Crippen LogP contribution < -0.4 is 10.6 Å². The zero-order chi connectivity index (χ0) is 18.1. The Kier molecular flexibility index (Phi) is 7.43. The monoisotopic (exact) mass is 352 g/mol. The Hall–Kier alpha value is -1.89. The van der Waals surface area contributed by atoms with Crippen molar-refractivity contribution in [2.45, 2.75) is 56.9 Å². The van der Waals surface area contributed by atoms with E-state index in [9.17, 15) is 19.5 Å². The fourth-order valence-electron chi connectivity index (χ4n) is 3.36. The molecule has 0 radical (unpaired) electrons. The summed E-state index contributed by atoms with van der Waals surface area (Å²) in [4.78, 5) is 36.1. The highest BCUT2D eigenvalue weighted by atomic mass is 16.5. The first-order chi connectivity index (χ1) is 12.0. The van der Waals surface area contributed by atoms with E-state index in [0.29, 0.717) is 19.3 Å². The number of hydrogen-bond acceptors (Lipinski definition) is 5. The summed E-state index contributed by atoms with van der Waals surface area (Å²) in [5.74, 6) is -1.17. The van der Waals surface area contributed by atoms with Crippen molar-refractivity contribution >= 4 is 17.8 Å². The minimum absolute atomic E-state index is 0.0686. The fourth-order valence-corrected chi connectivity index (χ4v) is 3.36. The zero-order valence-electron chi connectivity index (χ0n) is 14.6. The third kappa shape index (κ3) is 6.16. The van der Waals surface area contributed by atoms with Crippen LogP contribution in [0.1, 0.15) is 51.4 Å². The number of aliphatic hydroxyl groups is 1. The molecule has 1 heterocycles. The molecule has 1 aliphatic heterocycles. The van der Waals surface area contributed by atoms with Gasteiger partial charge in [-0.3, -0.25) is 14.4 Å². The van der Waals surface area contributed by atoms with Gasteiger partial charge in [0.25, 0.3) is 0 Å². The molecule has 0 aromatic heterocycles. The highest BCUT2D eigenvalue weighted by molar-refractivity contribution is 5.86. The molecule has 2 amide bonds. The molecule has 1 atom stereocenters. The molecule has 7 heteroatoms. The Bertz CT molecular complexity index is 512. The number of nitrogens with one attached hydrogen (secondary N) is 2. The third-order valence-corrected chi connectivity index (χ3v) is 4.84. The van der Waals surface area contributed by atoms with Crippen molar-refractivity contribution in [3.8, 4) is 0 Å². The van der Waals surface area contributed by atoms with Crippen molar-refractivity contribution in [3.63, 3.8) is 0 Å². The summed E-state index contributed by atoms with van der Waals surface area (Å²) in [5, 5.41) is 15.3. The molecule has 2 rings (SSSR count). The van der Waals surface area contributed by atoms with Crippen molar-refractivity contribution in [2.75, 3.05) is 19.8 Å². The van der Waals surface area contributed by atoms with E-state index >= 15 is 0 Å². The first kappa shape index (κ1) is 19.4. The summed E-state index contributed by atoms with van der Waals surface area (Å²) in [6, 6.07) is 0. The van der Waals surface area contributed by atoms with Crippen LogP contribution in [-0.4, -0.2) is 48.2 Å². The highest BCUT2D eigenvalue weighted by Crippen LogP contribution is 2.29. The van der Waals surface area contributed by atoms with Gasteiger partial charge in [-0.25, -0.2) is 0 Å². The van der Waals surface area contributed by atoms with Crippen molar-refractivity contribution in [3.05, 3.63) is 12.2 Å². The molecule has 7 nitrogen and oxygen atoms in total. The molecule has 1 fully saturated rings. The molecular formula is C18H28N2O5. The van der Waals surface area contributed by atoms with Gasteiger partial charge in [0.1, 0.15) is 6.61 Å². The van der Waals surface area contributed by atoms with Gasteiger partial charge in [-0.15, -0.1) is 0 Å². The summed E-state index contributed by atoms with van der Waals surface area (Å²) < 4.78 is 5.00. The summed E-state index contributed by atoms with van der Waals surface area (Å²) in [6.07, 6.45) is 8.62. The summed E-state index contributed by atoms with van der Waals surface area (Å²) >= 11 is 0. The SMILES string of the molecule is O=C(C[C@H]1CC=CCCC(=O)OCCNC1=O)NC1(CO)CCCC1. The van der Waals surface area contributed by atoms with Crippen LogP contribution in [0.3, 0.4) is 0 Å². The number of cyclic esters (lactones) is 1. The average Bonchev–Trinajstić information content (AvgIpc) is 3.05. The Balaban J connectivity index is 1.93. The number of carbonyl (C=O) groups is 3. The predicted molar refractivity (Wildman–Crippen MR) is 91.5 cm³/mol.